The maximum absolute atomic E-state index is 11.7. The smallest absolute Gasteiger partial charge is 0.321 e. The first-order valence-corrected chi connectivity index (χ1v) is 6.89. The molecule has 0 saturated carbocycles. The lowest BCUT2D eigenvalue weighted by molar-refractivity contribution is -0.120. The van der Waals surface area contributed by atoms with Gasteiger partial charge in [0.2, 0.25) is 5.91 Å². The second kappa shape index (κ2) is 7.16. The topological polar surface area (TPSA) is 109 Å². The summed E-state index contributed by atoms with van der Waals surface area (Å²) in [6.07, 6.45) is 2.32. The second-order valence-corrected chi connectivity index (χ2v) is 5.85. The van der Waals surface area contributed by atoms with E-state index in [1.165, 1.54) is 10.9 Å². The summed E-state index contributed by atoms with van der Waals surface area (Å²) in [5.74, 6) is -0.0133. The Bertz CT molecular complexity index is 490. The summed E-state index contributed by atoms with van der Waals surface area (Å²) in [4.78, 5) is 23.1. The number of aromatic nitrogens is 3. The molecule has 0 saturated heterocycles. The van der Waals surface area contributed by atoms with Crippen molar-refractivity contribution in [3.8, 4) is 0 Å². The van der Waals surface area contributed by atoms with Crippen LogP contribution in [0, 0.1) is 5.92 Å². The molecule has 1 rings (SSSR count). The Hall–Kier alpha value is -1.96. The molecule has 118 valence electrons. The summed E-state index contributed by atoms with van der Waals surface area (Å²) >= 11 is 0. The molecule has 0 radical (unpaired) electrons. The number of urea groups is 1. The van der Waals surface area contributed by atoms with Crippen molar-refractivity contribution in [3.05, 3.63) is 11.9 Å². The molecule has 0 aliphatic rings. The number of carbonyl (C=O) groups excluding carboxylic acids is 2. The molecule has 0 aromatic carbocycles. The van der Waals surface area contributed by atoms with Crippen LogP contribution in [-0.4, -0.2) is 38.6 Å². The molecule has 8 heteroatoms. The van der Waals surface area contributed by atoms with Crippen LogP contribution in [0.2, 0.25) is 0 Å². The zero-order chi connectivity index (χ0) is 16.0. The fourth-order valence-corrected chi connectivity index (χ4v) is 1.49. The van der Waals surface area contributed by atoms with Crippen LogP contribution in [0.25, 0.3) is 0 Å². The number of rotatable bonds is 6. The molecular weight excluding hydrogens is 274 g/mol. The van der Waals surface area contributed by atoms with Gasteiger partial charge in [-0.1, -0.05) is 19.1 Å². The van der Waals surface area contributed by atoms with Crippen molar-refractivity contribution in [1.82, 2.24) is 25.6 Å². The molecule has 1 aromatic heterocycles. The lowest BCUT2D eigenvalue weighted by Gasteiger charge is -2.11. The Labute approximate surface area is 123 Å². The van der Waals surface area contributed by atoms with Gasteiger partial charge >= 0.3 is 6.03 Å². The van der Waals surface area contributed by atoms with Gasteiger partial charge in [-0.3, -0.25) is 10.1 Å². The van der Waals surface area contributed by atoms with Crippen LogP contribution in [0.5, 0.6) is 0 Å². The Balaban J connectivity index is 2.40. The summed E-state index contributed by atoms with van der Waals surface area (Å²) in [7, 11) is 0. The van der Waals surface area contributed by atoms with E-state index in [1.54, 1.807) is 13.8 Å². The first-order valence-electron chi connectivity index (χ1n) is 6.89. The van der Waals surface area contributed by atoms with E-state index in [2.05, 4.69) is 34.8 Å². The molecule has 0 fully saturated rings. The number of carbonyl (C=O) groups is 2. The Morgan fingerprint density at radius 1 is 1.43 bits per heavy atom. The van der Waals surface area contributed by atoms with Crippen molar-refractivity contribution in [2.75, 3.05) is 6.54 Å². The highest BCUT2D eigenvalue weighted by molar-refractivity contribution is 5.94. The van der Waals surface area contributed by atoms with E-state index in [-0.39, 0.29) is 6.54 Å². The molecule has 0 unspecified atom stereocenters. The normalized spacial score (nSPS) is 11.5. The standard InChI is InChI=1S/C13H23N5O3/c1-9(2)5-6-14-12(20)15-11(19)8-18-7-10(16-17-18)13(3,4)21/h7,9,21H,5-6,8H2,1-4H3,(H2,14,15,19,20). The maximum atomic E-state index is 11.7. The van der Waals surface area contributed by atoms with Crippen molar-refractivity contribution >= 4 is 11.9 Å². The molecule has 3 N–H and O–H groups in total. The highest BCUT2D eigenvalue weighted by Gasteiger charge is 2.20. The molecule has 0 atom stereocenters. The number of nitrogens with zero attached hydrogens (tertiary/aromatic N) is 3. The van der Waals surface area contributed by atoms with Crippen LogP contribution >= 0.6 is 0 Å². The molecule has 1 heterocycles. The average molecular weight is 297 g/mol. The predicted octanol–water partition coefficient (Wildman–Crippen LogP) is 0.377. The number of imide groups is 1. The van der Waals surface area contributed by atoms with Gasteiger partial charge in [-0.05, 0) is 26.2 Å². The van der Waals surface area contributed by atoms with Gasteiger partial charge in [0.15, 0.2) is 0 Å². The summed E-state index contributed by atoms with van der Waals surface area (Å²) < 4.78 is 1.27. The average Bonchev–Trinajstić information content (AvgIpc) is 2.76. The predicted molar refractivity (Wildman–Crippen MR) is 76.3 cm³/mol. The molecule has 0 bridgehead atoms. The van der Waals surface area contributed by atoms with Crippen LogP contribution in [0.3, 0.4) is 0 Å². The quantitative estimate of drug-likeness (QED) is 0.703. The molecule has 1 aromatic rings. The van der Waals surface area contributed by atoms with Gasteiger partial charge in [0, 0.05) is 6.54 Å². The summed E-state index contributed by atoms with van der Waals surface area (Å²) in [6, 6.07) is -0.525. The highest BCUT2D eigenvalue weighted by atomic mass is 16.3. The summed E-state index contributed by atoms with van der Waals surface area (Å²) in [5.41, 5.74) is -0.764. The number of hydrogen-bond donors (Lipinski definition) is 3. The molecule has 3 amide bonds. The third-order valence-electron chi connectivity index (χ3n) is 2.73. The van der Waals surface area contributed by atoms with Crippen molar-refractivity contribution in [1.29, 1.82) is 0 Å². The van der Waals surface area contributed by atoms with Gasteiger partial charge in [-0.25, -0.2) is 9.48 Å². The van der Waals surface area contributed by atoms with Crippen LogP contribution in [0.15, 0.2) is 6.20 Å². The molecule has 21 heavy (non-hydrogen) atoms. The molecular formula is C13H23N5O3. The fraction of sp³-hybridized carbons (Fsp3) is 0.692. The molecule has 0 aliphatic carbocycles. The number of amides is 3. The van der Waals surface area contributed by atoms with Crippen LogP contribution in [-0.2, 0) is 16.9 Å². The molecule has 0 spiro atoms. The van der Waals surface area contributed by atoms with Gasteiger partial charge in [0.1, 0.15) is 17.8 Å². The fourth-order valence-electron chi connectivity index (χ4n) is 1.49. The Morgan fingerprint density at radius 2 is 2.10 bits per heavy atom. The molecule has 0 aliphatic heterocycles. The maximum Gasteiger partial charge on any atom is 0.321 e. The summed E-state index contributed by atoms with van der Waals surface area (Å²) in [6.45, 7) is 7.63. The van der Waals surface area contributed by atoms with Gasteiger partial charge in [-0.2, -0.15) is 0 Å². The number of hydrogen-bond acceptors (Lipinski definition) is 5. The minimum atomic E-state index is -1.12. The lowest BCUT2D eigenvalue weighted by Crippen LogP contribution is -2.41. The second-order valence-electron chi connectivity index (χ2n) is 5.85. The zero-order valence-electron chi connectivity index (χ0n) is 12.9. The van der Waals surface area contributed by atoms with Crippen molar-refractivity contribution < 1.29 is 14.7 Å². The van der Waals surface area contributed by atoms with Crippen molar-refractivity contribution in [3.63, 3.8) is 0 Å². The van der Waals surface area contributed by atoms with Gasteiger partial charge < -0.3 is 10.4 Å². The summed E-state index contributed by atoms with van der Waals surface area (Å²) in [5, 5.41) is 22.1. The third-order valence-corrected chi connectivity index (χ3v) is 2.73. The Kier molecular flexibility index (Phi) is 5.83. The third kappa shape index (κ3) is 6.35. The SMILES string of the molecule is CC(C)CCNC(=O)NC(=O)Cn1cc(C(C)(C)O)nn1. The van der Waals surface area contributed by atoms with E-state index >= 15 is 0 Å². The van der Waals surface area contributed by atoms with Crippen molar-refractivity contribution in [2.24, 2.45) is 5.92 Å². The van der Waals surface area contributed by atoms with Crippen LogP contribution in [0.4, 0.5) is 4.79 Å². The van der Waals surface area contributed by atoms with Gasteiger partial charge in [0.25, 0.3) is 0 Å². The minimum Gasteiger partial charge on any atom is -0.384 e. The first kappa shape index (κ1) is 17.1. The van der Waals surface area contributed by atoms with E-state index in [4.69, 9.17) is 0 Å². The monoisotopic (exact) mass is 297 g/mol. The van der Waals surface area contributed by atoms with Crippen molar-refractivity contribution in [2.45, 2.75) is 46.3 Å². The first-order chi connectivity index (χ1) is 9.68. The number of nitrogens with one attached hydrogen (secondary N) is 2. The van der Waals surface area contributed by atoms with E-state index in [1.807, 2.05) is 0 Å². The number of aliphatic hydroxyl groups is 1. The van der Waals surface area contributed by atoms with E-state index in [9.17, 15) is 14.7 Å². The zero-order valence-corrected chi connectivity index (χ0v) is 12.9. The largest absolute Gasteiger partial charge is 0.384 e. The minimum absolute atomic E-state index is 0.138. The van der Waals surface area contributed by atoms with E-state index in [0.29, 0.717) is 18.2 Å². The highest BCUT2D eigenvalue weighted by Crippen LogP contribution is 2.15. The van der Waals surface area contributed by atoms with E-state index in [0.717, 1.165) is 6.42 Å². The van der Waals surface area contributed by atoms with E-state index < -0.39 is 17.5 Å². The molecule has 8 nitrogen and oxygen atoms in total. The van der Waals surface area contributed by atoms with Gasteiger partial charge in [0.05, 0.1) is 6.20 Å². The van der Waals surface area contributed by atoms with Crippen LogP contribution in [0.1, 0.15) is 39.8 Å². The Morgan fingerprint density at radius 3 is 2.62 bits per heavy atom. The van der Waals surface area contributed by atoms with Crippen LogP contribution < -0.4 is 10.6 Å². The van der Waals surface area contributed by atoms with Gasteiger partial charge in [-0.15, -0.1) is 5.10 Å². The lowest BCUT2D eigenvalue weighted by atomic mass is 10.1.